The number of aromatic carboxylic acids is 1. The summed E-state index contributed by atoms with van der Waals surface area (Å²) in [5.41, 5.74) is 2.48. The second-order valence-electron chi connectivity index (χ2n) is 10.9. The lowest BCUT2D eigenvalue weighted by molar-refractivity contribution is -0.151. The number of anilines is 1. The summed E-state index contributed by atoms with van der Waals surface area (Å²) in [5.74, 6) is -0.131. The Morgan fingerprint density at radius 2 is 1.61 bits per heavy atom. The number of hydrogen-bond acceptors (Lipinski definition) is 8. The number of piperidine rings is 1. The quantitative estimate of drug-likeness (QED) is 0.356. The fourth-order valence-electron chi connectivity index (χ4n) is 5.14. The van der Waals surface area contributed by atoms with E-state index in [1.165, 1.54) is 18.0 Å². The number of ether oxygens (including phenoxy) is 1. The van der Waals surface area contributed by atoms with Gasteiger partial charge in [-0.15, -0.1) is 0 Å². The monoisotopic (exact) mass is 523 g/mol. The van der Waals surface area contributed by atoms with Crippen molar-refractivity contribution in [3.8, 4) is 0 Å². The van der Waals surface area contributed by atoms with Crippen LogP contribution in [0.25, 0.3) is 0 Å². The lowest BCUT2D eigenvalue weighted by Gasteiger charge is -2.32. The summed E-state index contributed by atoms with van der Waals surface area (Å²) in [4.78, 5) is 34.3. The van der Waals surface area contributed by atoms with E-state index in [9.17, 15) is 9.59 Å². The van der Waals surface area contributed by atoms with Crippen LogP contribution in [0.15, 0.2) is 36.7 Å². The summed E-state index contributed by atoms with van der Waals surface area (Å²) in [6.45, 7) is 7.36. The van der Waals surface area contributed by atoms with Crippen molar-refractivity contribution in [3.05, 3.63) is 53.3 Å². The zero-order valence-corrected chi connectivity index (χ0v) is 22.6. The molecule has 0 spiro atoms. The molecule has 1 aromatic heterocycles. The third kappa shape index (κ3) is 8.23. The highest BCUT2D eigenvalue weighted by molar-refractivity contribution is 5.86. The molecule has 0 amide bonds. The molecule has 4 rings (SSSR count). The molecule has 206 valence electrons. The van der Waals surface area contributed by atoms with Gasteiger partial charge < -0.3 is 25.4 Å². The Morgan fingerprint density at radius 3 is 2.18 bits per heavy atom. The van der Waals surface area contributed by atoms with Crippen LogP contribution in [0.4, 0.5) is 5.95 Å². The molecule has 2 heterocycles. The molecule has 1 aliphatic carbocycles. The summed E-state index contributed by atoms with van der Waals surface area (Å²) in [7, 11) is 0. The number of hydrogen-bond donors (Lipinski definition) is 3. The summed E-state index contributed by atoms with van der Waals surface area (Å²) in [6.07, 6.45) is 9.82. The molecular formula is C29H41N5O4. The minimum Gasteiger partial charge on any atom is -0.478 e. The molecule has 2 aliphatic rings. The van der Waals surface area contributed by atoms with Crippen molar-refractivity contribution in [2.24, 2.45) is 5.92 Å². The van der Waals surface area contributed by atoms with Crippen LogP contribution in [0.1, 0.15) is 80.3 Å². The van der Waals surface area contributed by atoms with E-state index in [1.807, 2.05) is 0 Å². The number of rotatable bonds is 12. The Balaban J connectivity index is 1.19. The molecule has 0 unspecified atom stereocenters. The number of carboxylic acids is 1. The highest BCUT2D eigenvalue weighted by atomic mass is 16.5. The predicted octanol–water partition coefficient (Wildman–Crippen LogP) is 3.92. The molecule has 1 aliphatic heterocycles. The zero-order chi connectivity index (χ0) is 26.9. The molecule has 1 aromatic carbocycles. The molecule has 1 saturated carbocycles. The average molecular weight is 524 g/mol. The van der Waals surface area contributed by atoms with Gasteiger partial charge in [0.2, 0.25) is 5.95 Å². The maximum atomic E-state index is 12.8. The number of aromatic nitrogens is 2. The third-order valence-corrected chi connectivity index (χ3v) is 7.41. The lowest BCUT2D eigenvalue weighted by atomic mass is 10.0. The Morgan fingerprint density at radius 1 is 1.00 bits per heavy atom. The fourth-order valence-corrected chi connectivity index (χ4v) is 5.14. The first-order chi connectivity index (χ1) is 18.4. The Labute approximate surface area is 225 Å². The van der Waals surface area contributed by atoms with Crippen LogP contribution in [-0.2, 0) is 22.6 Å². The van der Waals surface area contributed by atoms with Gasteiger partial charge in [0, 0.05) is 44.6 Å². The minimum absolute atomic E-state index is 0.0941. The van der Waals surface area contributed by atoms with Gasteiger partial charge in [-0.2, -0.15) is 0 Å². The molecule has 2 fully saturated rings. The highest BCUT2D eigenvalue weighted by Gasteiger charge is 2.26. The Kier molecular flexibility index (Phi) is 10.1. The van der Waals surface area contributed by atoms with Gasteiger partial charge in [0.25, 0.3) is 0 Å². The van der Waals surface area contributed by atoms with Crippen LogP contribution in [0.3, 0.4) is 0 Å². The molecule has 2 aromatic rings. The molecule has 9 heteroatoms. The Bertz CT molecular complexity index is 1030. The van der Waals surface area contributed by atoms with Crippen LogP contribution < -0.4 is 15.5 Å². The van der Waals surface area contributed by atoms with E-state index >= 15 is 0 Å². The fraction of sp³-hybridized carbons (Fsp3) is 0.586. The molecule has 1 atom stereocenters. The number of nitrogens with one attached hydrogen (secondary N) is 2. The van der Waals surface area contributed by atoms with Crippen LogP contribution in [0.2, 0.25) is 0 Å². The van der Waals surface area contributed by atoms with Crippen molar-refractivity contribution >= 4 is 17.9 Å². The maximum Gasteiger partial charge on any atom is 0.338 e. The average Bonchev–Trinajstić information content (AvgIpc) is 3.43. The molecule has 38 heavy (non-hydrogen) atoms. The predicted molar refractivity (Wildman–Crippen MR) is 146 cm³/mol. The third-order valence-electron chi connectivity index (χ3n) is 7.41. The van der Waals surface area contributed by atoms with Crippen LogP contribution in [-0.4, -0.2) is 58.3 Å². The van der Waals surface area contributed by atoms with Gasteiger partial charge in [-0.25, -0.2) is 14.8 Å². The van der Waals surface area contributed by atoms with Crippen molar-refractivity contribution in [2.45, 2.75) is 90.1 Å². The van der Waals surface area contributed by atoms with Gasteiger partial charge in [0.1, 0.15) is 12.1 Å². The van der Waals surface area contributed by atoms with Crippen molar-refractivity contribution in [2.75, 3.05) is 18.0 Å². The first-order valence-corrected chi connectivity index (χ1v) is 13.9. The molecule has 0 radical (unpaired) electrons. The van der Waals surface area contributed by atoms with Gasteiger partial charge >= 0.3 is 11.9 Å². The van der Waals surface area contributed by atoms with Crippen LogP contribution in [0.5, 0.6) is 0 Å². The summed E-state index contributed by atoms with van der Waals surface area (Å²) in [5, 5.41) is 16.1. The zero-order valence-electron chi connectivity index (χ0n) is 22.6. The number of carboxylic acid groups (broad SMARTS) is 1. The molecule has 1 saturated heterocycles. The summed E-state index contributed by atoms with van der Waals surface area (Å²) in [6, 6.07) is 8.67. The lowest BCUT2D eigenvalue weighted by Crippen LogP contribution is -2.42. The second-order valence-corrected chi connectivity index (χ2v) is 10.9. The largest absolute Gasteiger partial charge is 0.478 e. The molecule has 9 nitrogen and oxygen atoms in total. The number of nitrogens with zero attached hydrogens (tertiary/aromatic N) is 3. The Hall–Kier alpha value is -3.04. The van der Waals surface area contributed by atoms with E-state index in [2.05, 4.69) is 63.6 Å². The number of carbonyl (C=O) groups excluding carboxylic acids is 1. The van der Waals surface area contributed by atoms with E-state index < -0.39 is 5.97 Å². The van der Waals surface area contributed by atoms with Gasteiger partial charge in [0.05, 0.1) is 5.56 Å². The number of benzene rings is 1. The molecular weight excluding hydrogens is 482 g/mol. The smallest absolute Gasteiger partial charge is 0.338 e. The van der Waals surface area contributed by atoms with Gasteiger partial charge in [-0.05, 0) is 62.0 Å². The minimum atomic E-state index is -1.02. The van der Waals surface area contributed by atoms with Crippen molar-refractivity contribution in [1.82, 2.24) is 20.6 Å². The standard InChI is InChI=1S/C29H41N5O4/c1-20(2)15-26(28(37)38-25-5-3-4-6-25)31-17-22-9-7-21(8-10-22)16-30-24-11-13-34(14-12-24)29-32-18-23(19-33-29)27(35)36/h7-10,18-20,24-26,30-31H,3-6,11-17H2,1-2H3,(H,35,36)/t26-/m0/s1. The van der Waals surface area contributed by atoms with Crippen LogP contribution >= 0.6 is 0 Å². The van der Waals surface area contributed by atoms with Gasteiger partial charge in [-0.1, -0.05) is 38.1 Å². The maximum absolute atomic E-state index is 12.8. The highest BCUT2D eigenvalue weighted by Crippen LogP contribution is 2.22. The second kappa shape index (κ2) is 13.7. The summed E-state index contributed by atoms with van der Waals surface area (Å²) >= 11 is 0. The van der Waals surface area contributed by atoms with Crippen molar-refractivity contribution in [1.29, 1.82) is 0 Å². The number of esters is 1. The summed E-state index contributed by atoms with van der Waals surface area (Å²) < 4.78 is 5.78. The van der Waals surface area contributed by atoms with E-state index in [1.54, 1.807) is 0 Å². The van der Waals surface area contributed by atoms with E-state index in [0.717, 1.165) is 70.1 Å². The van der Waals surface area contributed by atoms with E-state index in [4.69, 9.17) is 9.84 Å². The number of carbonyl (C=O) groups is 2. The van der Waals surface area contributed by atoms with E-state index in [0.29, 0.717) is 24.5 Å². The van der Waals surface area contributed by atoms with Crippen LogP contribution in [0, 0.1) is 5.92 Å². The first kappa shape index (κ1) is 28.0. The van der Waals surface area contributed by atoms with Gasteiger partial charge in [0.15, 0.2) is 0 Å². The van der Waals surface area contributed by atoms with E-state index in [-0.39, 0.29) is 23.7 Å². The molecule has 3 N–H and O–H groups in total. The van der Waals surface area contributed by atoms with Crippen molar-refractivity contribution in [3.63, 3.8) is 0 Å². The molecule has 0 bridgehead atoms. The SMILES string of the molecule is CC(C)C[C@H](NCc1ccc(CNC2CCN(c3ncc(C(=O)O)cn3)CC2)cc1)C(=O)OC1CCCC1. The van der Waals surface area contributed by atoms with Crippen molar-refractivity contribution < 1.29 is 19.4 Å². The first-order valence-electron chi connectivity index (χ1n) is 13.9. The van der Waals surface area contributed by atoms with Gasteiger partial charge in [-0.3, -0.25) is 4.79 Å². The topological polar surface area (TPSA) is 117 Å². The normalized spacial score (nSPS) is 17.6.